The lowest BCUT2D eigenvalue weighted by atomic mass is 9.84. The number of amides is 1. The van der Waals surface area contributed by atoms with E-state index in [1.54, 1.807) is 0 Å². The summed E-state index contributed by atoms with van der Waals surface area (Å²) in [5.74, 6) is 1.40. The Hall–Kier alpha value is -2.66. The van der Waals surface area contributed by atoms with E-state index in [2.05, 4.69) is 29.2 Å². The van der Waals surface area contributed by atoms with Crippen LogP contribution in [-0.4, -0.2) is 27.5 Å². The minimum atomic E-state index is -0.00223. The molecule has 1 aliphatic rings. The highest BCUT2D eigenvalue weighted by Gasteiger charge is 2.32. The van der Waals surface area contributed by atoms with E-state index in [9.17, 15) is 4.79 Å². The molecule has 1 aliphatic carbocycles. The molecule has 1 saturated carbocycles. The highest BCUT2D eigenvalue weighted by Crippen LogP contribution is 2.32. The molecule has 0 radical (unpaired) electrons. The van der Waals surface area contributed by atoms with Crippen LogP contribution in [0.1, 0.15) is 49.2 Å². The quantitative estimate of drug-likeness (QED) is 0.494. The molecule has 2 aromatic carbocycles. The minimum Gasteiger partial charge on any atom is -0.339 e. The van der Waals surface area contributed by atoms with Gasteiger partial charge in [-0.15, -0.1) is 0 Å². The van der Waals surface area contributed by atoms with E-state index < -0.39 is 0 Å². The van der Waals surface area contributed by atoms with E-state index in [0.717, 1.165) is 36.0 Å². The van der Waals surface area contributed by atoms with Crippen LogP contribution in [-0.2, 0) is 11.2 Å². The van der Waals surface area contributed by atoms with Crippen molar-refractivity contribution in [3.8, 4) is 11.4 Å². The number of nitrogens with zero attached hydrogens (tertiary/aromatic N) is 3. The predicted octanol–water partition coefficient (Wildman–Crippen LogP) is 5.63. The number of rotatable bonds is 7. The van der Waals surface area contributed by atoms with Gasteiger partial charge in [0.05, 0.1) is 6.04 Å². The van der Waals surface area contributed by atoms with Gasteiger partial charge in [0.2, 0.25) is 17.6 Å². The Kier molecular flexibility index (Phi) is 6.18. The number of carbonyl (C=O) groups excluding carboxylic acids is 1. The van der Waals surface area contributed by atoms with Crippen molar-refractivity contribution < 1.29 is 9.32 Å². The second-order valence-corrected chi connectivity index (χ2v) is 8.38. The Morgan fingerprint density at radius 1 is 1.23 bits per heavy atom. The van der Waals surface area contributed by atoms with Crippen molar-refractivity contribution >= 4 is 17.5 Å². The van der Waals surface area contributed by atoms with Crippen molar-refractivity contribution in [2.75, 3.05) is 6.54 Å². The van der Waals surface area contributed by atoms with Gasteiger partial charge in [0.25, 0.3) is 0 Å². The summed E-state index contributed by atoms with van der Waals surface area (Å²) in [5.41, 5.74) is 2.95. The average Bonchev–Trinajstić information content (AvgIpc) is 3.18. The van der Waals surface area contributed by atoms with Crippen molar-refractivity contribution in [2.45, 2.75) is 45.6 Å². The molecule has 4 rings (SSSR count). The molecule has 30 heavy (non-hydrogen) atoms. The first-order valence-electron chi connectivity index (χ1n) is 10.5. The van der Waals surface area contributed by atoms with Crippen LogP contribution in [0.3, 0.4) is 0 Å². The maximum absolute atomic E-state index is 13.1. The van der Waals surface area contributed by atoms with Crippen molar-refractivity contribution in [3.05, 3.63) is 70.6 Å². The van der Waals surface area contributed by atoms with Crippen LogP contribution in [0.25, 0.3) is 11.4 Å². The molecule has 0 unspecified atom stereocenters. The number of halogens is 1. The zero-order valence-corrected chi connectivity index (χ0v) is 18.1. The molecule has 1 atom stereocenters. The van der Waals surface area contributed by atoms with Gasteiger partial charge in [0, 0.05) is 29.5 Å². The molecular weight excluding hydrogens is 398 g/mol. The van der Waals surface area contributed by atoms with Crippen molar-refractivity contribution in [2.24, 2.45) is 5.92 Å². The maximum Gasteiger partial charge on any atom is 0.228 e. The second kappa shape index (κ2) is 9.00. The molecule has 1 fully saturated rings. The van der Waals surface area contributed by atoms with Gasteiger partial charge in [0.15, 0.2) is 0 Å². The molecule has 0 bridgehead atoms. The molecular formula is C24H26ClN3O2. The lowest BCUT2D eigenvalue weighted by Gasteiger charge is -2.35. The minimum absolute atomic E-state index is 0.00223. The number of hydrogen-bond acceptors (Lipinski definition) is 4. The Bertz CT molecular complexity index is 1010. The van der Waals surface area contributed by atoms with Gasteiger partial charge in [-0.3, -0.25) is 4.79 Å². The lowest BCUT2D eigenvalue weighted by Crippen LogP contribution is -2.41. The number of aryl methyl sites for hydroxylation is 1. The summed E-state index contributed by atoms with van der Waals surface area (Å²) in [6.45, 7) is 4.58. The van der Waals surface area contributed by atoms with Crippen LogP contribution < -0.4 is 0 Å². The predicted molar refractivity (Wildman–Crippen MR) is 117 cm³/mol. The Morgan fingerprint density at radius 3 is 2.67 bits per heavy atom. The highest BCUT2D eigenvalue weighted by molar-refractivity contribution is 6.31. The first-order valence-corrected chi connectivity index (χ1v) is 10.9. The summed E-state index contributed by atoms with van der Waals surface area (Å²) in [7, 11) is 0. The Balaban J connectivity index is 1.49. The number of carbonyl (C=O) groups is 1. The van der Waals surface area contributed by atoms with Crippen molar-refractivity contribution in [1.29, 1.82) is 0 Å². The molecule has 0 aliphatic heterocycles. The average molecular weight is 424 g/mol. The van der Waals surface area contributed by atoms with Crippen LogP contribution in [0.4, 0.5) is 0 Å². The largest absolute Gasteiger partial charge is 0.339 e. The van der Waals surface area contributed by atoms with Gasteiger partial charge in [-0.2, -0.15) is 4.98 Å². The van der Waals surface area contributed by atoms with Gasteiger partial charge < -0.3 is 9.42 Å². The summed E-state index contributed by atoms with van der Waals surface area (Å²) >= 11 is 6.22. The van der Waals surface area contributed by atoms with Crippen LogP contribution in [0, 0.1) is 12.8 Å². The smallest absolute Gasteiger partial charge is 0.228 e. The van der Waals surface area contributed by atoms with Gasteiger partial charge >= 0.3 is 0 Å². The lowest BCUT2D eigenvalue weighted by molar-refractivity contribution is -0.140. The summed E-state index contributed by atoms with van der Waals surface area (Å²) < 4.78 is 5.46. The Morgan fingerprint density at radius 2 is 2.00 bits per heavy atom. The third kappa shape index (κ3) is 4.41. The van der Waals surface area contributed by atoms with E-state index >= 15 is 0 Å². The highest BCUT2D eigenvalue weighted by atomic mass is 35.5. The number of aromatic nitrogens is 2. The van der Waals surface area contributed by atoms with E-state index in [-0.39, 0.29) is 17.9 Å². The van der Waals surface area contributed by atoms with Crippen LogP contribution in [0.2, 0.25) is 5.02 Å². The van der Waals surface area contributed by atoms with Crippen molar-refractivity contribution in [1.82, 2.24) is 15.0 Å². The van der Waals surface area contributed by atoms with Gasteiger partial charge in [-0.25, -0.2) is 0 Å². The fourth-order valence-electron chi connectivity index (χ4n) is 3.72. The zero-order chi connectivity index (χ0) is 21.1. The normalized spacial score (nSPS) is 14.9. The van der Waals surface area contributed by atoms with Crippen molar-refractivity contribution in [3.63, 3.8) is 0 Å². The van der Waals surface area contributed by atoms with Gasteiger partial charge in [-0.05, 0) is 43.9 Å². The molecule has 1 heterocycles. The number of benzene rings is 2. The molecule has 1 amide bonds. The molecule has 6 heteroatoms. The molecule has 0 saturated heterocycles. The number of hydrogen-bond donors (Lipinski definition) is 0. The van der Waals surface area contributed by atoms with Gasteiger partial charge in [0.1, 0.15) is 0 Å². The monoisotopic (exact) mass is 423 g/mol. The maximum atomic E-state index is 13.1. The molecule has 156 valence electrons. The van der Waals surface area contributed by atoms with Crippen LogP contribution in [0.5, 0.6) is 0 Å². The fraction of sp³-hybridized carbons (Fsp3) is 0.375. The summed E-state index contributed by atoms with van der Waals surface area (Å²) in [6.07, 6.45) is 3.61. The topological polar surface area (TPSA) is 59.2 Å². The first kappa shape index (κ1) is 20.6. The van der Waals surface area contributed by atoms with E-state index in [1.165, 1.54) is 0 Å². The molecule has 5 nitrogen and oxygen atoms in total. The van der Waals surface area contributed by atoms with Gasteiger partial charge in [-0.1, -0.05) is 65.6 Å². The molecule has 1 aromatic heterocycles. The zero-order valence-electron chi connectivity index (χ0n) is 17.3. The third-order valence-electron chi connectivity index (χ3n) is 5.95. The van der Waals surface area contributed by atoms with E-state index in [1.807, 2.05) is 48.2 Å². The van der Waals surface area contributed by atoms with Crippen LogP contribution in [0.15, 0.2) is 53.1 Å². The summed E-state index contributed by atoms with van der Waals surface area (Å²) in [5, 5.41) is 4.77. The van der Waals surface area contributed by atoms with Crippen LogP contribution >= 0.6 is 11.6 Å². The van der Waals surface area contributed by atoms with E-state index in [0.29, 0.717) is 29.7 Å². The summed E-state index contributed by atoms with van der Waals surface area (Å²) in [6, 6.07) is 15.9. The van der Waals surface area contributed by atoms with E-state index in [4.69, 9.17) is 16.1 Å². The SMILES string of the molecule is Cc1ccc(-c2noc(CCN(C(=O)C3CCC3)[C@@H](C)c3ccccc3)n2)cc1Cl. The third-order valence-corrected chi connectivity index (χ3v) is 6.36. The first-order chi connectivity index (χ1) is 14.5. The second-order valence-electron chi connectivity index (χ2n) is 7.97. The Labute approximate surface area is 182 Å². The molecule has 0 N–H and O–H groups in total. The molecule has 0 spiro atoms. The molecule has 3 aromatic rings. The summed E-state index contributed by atoms with van der Waals surface area (Å²) in [4.78, 5) is 19.6. The standard InChI is InChI=1S/C24H26ClN3O2/c1-16-11-12-20(15-21(16)25)23-26-22(30-27-23)13-14-28(24(29)19-9-6-10-19)17(2)18-7-4-3-5-8-18/h3-5,7-8,11-12,15,17,19H,6,9-10,13-14H2,1-2H3/t17-/m0/s1. The fourth-order valence-corrected chi connectivity index (χ4v) is 3.90.